The first-order chi connectivity index (χ1) is 4.30. The summed E-state index contributed by atoms with van der Waals surface area (Å²) in [4.78, 5) is 0.701. The molecule has 3 heteroatoms. The van der Waals surface area contributed by atoms with Gasteiger partial charge in [0.15, 0.2) is 0 Å². The van der Waals surface area contributed by atoms with Crippen molar-refractivity contribution < 1.29 is 4.55 Å². The van der Waals surface area contributed by atoms with Crippen molar-refractivity contribution >= 4 is 20.9 Å². The minimum absolute atomic E-state index is 0.701. The predicted molar refractivity (Wildman–Crippen MR) is 40.2 cm³/mol. The topological polar surface area (TPSA) is 23.1 Å². The molecule has 9 heavy (non-hydrogen) atoms. The first-order valence-corrected chi connectivity index (χ1v) is 4.52. The van der Waals surface area contributed by atoms with Crippen LogP contribution >= 0.6 is 0 Å². The largest absolute Gasteiger partial charge is 0.791 e. The third kappa shape index (κ3) is 1.86. The number of hydrogen-bond acceptors (Lipinski definition) is 2. The number of hydrogen-bond donors (Lipinski definition) is 0. The Hall–Kier alpha value is -0.250. The van der Waals surface area contributed by atoms with Gasteiger partial charge >= 0.3 is 0 Å². The lowest BCUT2D eigenvalue weighted by atomic mass is 10.4. The van der Waals surface area contributed by atoms with Gasteiger partial charge in [0.25, 0.3) is 0 Å². The lowest BCUT2D eigenvalue weighted by Gasteiger charge is -2.06. The van der Waals surface area contributed by atoms with Crippen molar-refractivity contribution in [2.24, 2.45) is 0 Å². The quantitative estimate of drug-likeness (QED) is 0.612. The fourth-order valence-corrected chi connectivity index (χ4v) is 1.24. The van der Waals surface area contributed by atoms with Crippen LogP contribution in [-0.2, 0) is 20.9 Å². The molecule has 0 aliphatic carbocycles. The third-order valence-corrected chi connectivity index (χ3v) is 2.17. The van der Waals surface area contributed by atoms with Crippen LogP contribution in [-0.4, -0.2) is 4.55 Å². The summed E-state index contributed by atoms with van der Waals surface area (Å²) in [6.45, 7) is 0. The van der Waals surface area contributed by atoms with E-state index in [0.717, 1.165) is 0 Å². The van der Waals surface area contributed by atoms with E-state index in [-0.39, 0.29) is 0 Å². The Labute approximate surface area is 61.1 Å². The van der Waals surface area contributed by atoms with E-state index >= 15 is 0 Å². The van der Waals surface area contributed by atoms with E-state index in [1.54, 1.807) is 12.1 Å². The molecule has 1 aromatic carbocycles. The van der Waals surface area contributed by atoms with Crippen LogP contribution in [0.5, 0.6) is 0 Å². The van der Waals surface area contributed by atoms with E-state index < -0.39 is 9.74 Å². The molecule has 1 nitrogen and oxygen atoms in total. The fraction of sp³-hybridized carbons (Fsp3) is 0. The van der Waals surface area contributed by atoms with Crippen molar-refractivity contribution in [2.45, 2.75) is 4.90 Å². The standard InChI is InChI=1S/C6H6OS2/c7-9(8)6-4-2-1-3-5-6/h1-5H,(H,7,8)/p-1. The van der Waals surface area contributed by atoms with E-state index in [4.69, 9.17) is 0 Å². The third-order valence-electron chi connectivity index (χ3n) is 0.936. The van der Waals surface area contributed by atoms with Crippen LogP contribution in [0.15, 0.2) is 35.2 Å². The molecular formula is C6H5OS2-. The zero-order valence-electron chi connectivity index (χ0n) is 4.61. The highest BCUT2D eigenvalue weighted by molar-refractivity contribution is 8.25. The number of rotatable bonds is 1. The number of benzene rings is 1. The van der Waals surface area contributed by atoms with Gasteiger partial charge in [-0.3, -0.25) is 0 Å². The predicted octanol–water partition coefficient (Wildman–Crippen LogP) is 1.26. The van der Waals surface area contributed by atoms with Crippen molar-refractivity contribution in [1.29, 1.82) is 0 Å². The zero-order chi connectivity index (χ0) is 6.69. The molecule has 0 saturated carbocycles. The molecule has 0 heterocycles. The van der Waals surface area contributed by atoms with Crippen LogP contribution in [0, 0.1) is 0 Å². The van der Waals surface area contributed by atoms with E-state index in [1.165, 1.54) is 0 Å². The highest BCUT2D eigenvalue weighted by Gasteiger charge is 1.81. The van der Waals surface area contributed by atoms with Crippen molar-refractivity contribution in [3.8, 4) is 0 Å². The molecule has 0 N–H and O–H groups in total. The highest BCUT2D eigenvalue weighted by Crippen LogP contribution is 2.01. The molecule has 1 unspecified atom stereocenters. The first-order valence-electron chi connectivity index (χ1n) is 2.45. The summed E-state index contributed by atoms with van der Waals surface area (Å²) in [7, 11) is -1.25. The summed E-state index contributed by atoms with van der Waals surface area (Å²) in [5.41, 5.74) is 0. The van der Waals surface area contributed by atoms with Crippen LogP contribution in [0.4, 0.5) is 0 Å². The molecule has 0 aromatic heterocycles. The molecule has 1 atom stereocenters. The minimum Gasteiger partial charge on any atom is -0.791 e. The van der Waals surface area contributed by atoms with Gasteiger partial charge in [0.1, 0.15) is 0 Å². The second kappa shape index (κ2) is 3.06. The summed E-state index contributed by atoms with van der Waals surface area (Å²) in [5, 5.41) is 0. The zero-order valence-corrected chi connectivity index (χ0v) is 6.24. The van der Waals surface area contributed by atoms with E-state index in [2.05, 4.69) is 11.2 Å². The fourth-order valence-electron chi connectivity index (χ4n) is 0.532. The Kier molecular flexibility index (Phi) is 2.33. The SMILES string of the molecule is [O-]S(=S)c1ccccc1. The average molecular weight is 157 g/mol. The molecule has 0 bridgehead atoms. The Morgan fingerprint density at radius 2 is 1.78 bits per heavy atom. The van der Waals surface area contributed by atoms with Gasteiger partial charge in [-0.05, 0) is 17.0 Å². The normalized spacial score (nSPS) is 13.0. The minimum atomic E-state index is -1.25. The van der Waals surface area contributed by atoms with Gasteiger partial charge in [-0.2, -0.15) is 9.74 Å². The smallest absolute Gasteiger partial charge is 0.00215 e. The molecule has 0 saturated heterocycles. The summed E-state index contributed by atoms with van der Waals surface area (Å²) in [5.74, 6) is 0. The van der Waals surface area contributed by atoms with Gasteiger partial charge in [0.2, 0.25) is 0 Å². The maximum Gasteiger partial charge on any atom is -0.00215 e. The molecule has 48 valence electrons. The van der Waals surface area contributed by atoms with Gasteiger partial charge in [-0.1, -0.05) is 29.4 Å². The van der Waals surface area contributed by atoms with Crippen molar-refractivity contribution in [3.63, 3.8) is 0 Å². The van der Waals surface area contributed by atoms with Gasteiger partial charge in [-0.15, -0.1) is 0 Å². The van der Waals surface area contributed by atoms with Crippen LogP contribution in [0.1, 0.15) is 0 Å². The van der Waals surface area contributed by atoms with Crippen LogP contribution in [0.3, 0.4) is 0 Å². The highest BCUT2D eigenvalue weighted by atomic mass is 32.8. The Morgan fingerprint density at radius 3 is 2.11 bits per heavy atom. The second-order valence-electron chi connectivity index (χ2n) is 1.55. The average Bonchev–Trinajstić information content (AvgIpc) is 1.90. The maximum absolute atomic E-state index is 10.6. The van der Waals surface area contributed by atoms with Crippen molar-refractivity contribution in [1.82, 2.24) is 0 Å². The maximum atomic E-state index is 10.6. The van der Waals surface area contributed by atoms with Crippen molar-refractivity contribution in [2.75, 3.05) is 0 Å². The second-order valence-corrected chi connectivity index (χ2v) is 3.40. The van der Waals surface area contributed by atoms with Crippen LogP contribution < -0.4 is 0 Å². The lowest BCUT2D eigenvalue weighted by molar-refractivity contribution is 0.611. The van der Waals surface area contributed by atoms with Crippen molar-refractivity contribution in [3.05, 3.63) is 30.3 Å². The van der Waals surface area contributed by atoms with E-state index in [9.17, 15) is 4.55 Å². The molecule has 1 rings (SSSR count). The summed E-state index contributed by atoms with van der Waals surface area (Å²) < 4.78 is 10.6. The Balaban J connectivity index is 2.98. The van der Waals surface area contributed by atoms with Crippen LogP contribution in [0.25, 0.3) is 0 Å². The molecule has 0 aliphatic rings. The molecule has 0 aliphatic heterocycles. The molecular weight excluding hydrogens is 152 g/mol. The monoisotopic (exact) mass is 157 g/mol. The van der Waals surface area contributed by atoms with E-state index in [1.807, 2.05) is 18.2 Å². The molecule has 0 amide bonds. The van der Waals surface area contributed by atoms with Gasteiger partial charge in [0, 0.05) is 0 Å². The van der Waals surface area contributed by atoms with Gasteiger partial charge < -0.3 is 4.55 Å². The van der Waals surface area contributed by atoms with E-state index in [0.29, 0.717) is 4.90 Å². The molecule has 1 aromatic rings. The lowest BCUT2D eigenvalue weighted by Crippen LogP contribution is -1.83. The Morgan fingerprint density at radius 1 is 1.22 bits per heavy atom. The molecule has 0 spiro atoms. The van der Waals surface area contributed by atoms with Gasteiger partial charge in [-0.25, -0.2) is 0 Å². The van der Waals surface area contributed by atoms with Crippen LogP contribution in [0.2, 0.25) is 0 Å². The Bertz CT molecular complexity index is 208. The summed E-state index contributed by atoms with van der Waals surface area (Å²) >= 11 is 4.52. The summed E-state index contributed by atoms with van der Waals surface area (Å²) in [6.07, 6.45) is 0. The van der Waals surface area contributed by atoms with Gasteiger partial charge in [0.05, 0.1) is 0 Å². The summed E-state index contributed by atoms with van der Waals surface area (Å²) in [6, 6.07) is 9.01. The first kappa shape index (κ1) is 6.86. The molecule has 0 radical (unpaired) electrons. The molecule has 0 fully saturated rings.